The van der Waals surface area contributed by atoms with Gasteiger partial charge >= 0.3 is 0 Å². The van der Waals surface area contributed by atoms with E-state index in [1.807, 2.05) is 0 Å². The monoisotopic (exact) mass is 228 g/mol. The van der Waals surface area contributed by atoms with Gasteiger partial charge in [-0.2, -0.15) is 0 Å². The van der Waals surface area contributed by atoms with Gasteiger partial charge in [-0.05, 0) is 50.9 Å². The molecule has 1 aromatic heterocycles. The Morgan fingerprint density at radius 3 is 2.94 bits per heavy atom. The van der Waals surface area contributed by atoms with Gasteiger partial charge in [0.15, 0.2) is 0 Å². The van der Waals surface area contributed by atoms with Crippen LogP contribution in [0.1, 0.15) is 23.2 Å². The Bertz CT molecular complexity index is 566. The zero-order chi connectivity index (χ0) is 12.0. The minimum Gasteiger partial charge on any atom is -0.347 e. The van der Waals surface area contributed by atoms with Gasteiger partial charge in [0, 0.05) is 29.7 Å². The first-order valence-electron chi connectivity index (χ1n) is 6.44. The van der Waals surface area contributed by atoms with Crippen LogP contribution in [0.4, 0.5) is 0 Å². The molecule has 0 radical (unpaired) electrons. The van der Waals surface area contributed by atoms with Crippen molar-refractivity contribution in [2.24, 2.45) is 7.05 Å². The summed E-state index contributed by atoms with van der Waals surface area (Å²) in [6.07, 6.45) is 3.63. The van der Waals surface area contributed by atoms with Gasteiger partial charge in [0.05, 0.1) is 0 Å². The van der Waals surface area contributed by atoms with E-state index in [9.17, 15) is 0 Å². The minimum atomic E-state index is 0.647. The quantitative estimate of drug-likeness (QED) is 0.794. The van der Waals surface area contributed by atoms with E-state index in [2.05, 4.69) is 49.1 Å². The SMILES string of the molecule is CNC1CCc2c(c3cc(C)ccc3n2C)C1. The summed E-state index contributed by atoms with van der Waals surface area (Å²) in [6.45, 7) is 2.18. The Morgan fingerprint density at radius 1 is 1.35 bits per heavy atom. The van der Waals surface area contributed by atoms with Crippen molar-refractivity contribution in [2.45, 2.75) is 32.2 Å². The highest BCUT2D eigenvalue weighted by Crippen LogP contribution is 2.31. The second kappa shape index (κ2) is 3.88. The fourth-order valence-electron chi connectivity index (χ4n) is 3.14. The molecule has 0 saturated carbocycles. The molecule has 2 aromatic rings. The first-order valence-corrected chi connectivity index (χ1v) is 6.44. The molecule has 0 amide bonds. The van der Waals surface area contributed by atoms with E-state index in [0.29, 0.717) is 6.04 Å². The molecule has 2 nitrogen and oxygen atoms in total. The summed E-state index contributed by atoms with van der Waals surface area (Å²) in [5.74, 6) is 0. The summed E-state index contributed by atoms with van der Waals surface area (Å²) < 4.78 is 2.38. The third kappa shape index (κ3) is 1.59. The van der Waals surface area contributed by atoms with E-state index in [1.165, 1.54) is 41.4 Å². The van der Waals surface area contributed by atoms with Crippen molar-refractivity contribution in [2.75, 3.05) is 7.05 Å². The molecule has 17 heavy (non-hydrogen) atoms. The van der Waals surface area contributed by atoms with Gasteiger partial charge in [0.2, 0.25) is 0 Å². The van der Waals surface area contributed by atoms with E-state index in [0.717, 1.165) is 0 Å². The number of aryl methyl sites for hydroxylation is 2. The van der Waals surface area contributed by atoms with E-state index >= 15 is 0 Å². The lowest BCUT2D eigenvalue weighted by Crippen LogP contribution is -2.31. The van der Waals surface area contributed by atoms with E-state index < -0.39 is 0 Å². The standard InChI is InChI=1S/C15H20N2/c1-10-4-6-14-12(8-10)13-9-11(16-2)5-7-15(13)17(14)3/h4,6,8,11,16H,5,7,9H2,1-3H3. The maximum atomic E-state index is 3.42. The van der Waals surface area contributed by atoms with Crippen LogP contribution in [-0.2, 0) is 19.9 Å². The number of likely N-dealkylation sites (N-methyl/N-ethyl adjacent to an activating group) is 1. The van der Waals surface area contributed by atoms with Crippen LogP contribution < -0.4 is 5.32 Å². The first kappa shape index (κ1) is 10.8. The third-order valence-corrected chi connectivity index (χ3v) is 4.18. The number of aromatic nitrogens is 1. The number of nitrogens with one attached hydrogen (secondary N) is 1. The summed E-state index contributed by atoms with van der Waals surface area (Å²) in [6, 6.07) is 7.46. The molecule has 0 fully saturated rings. The van der Waals surface area contributed by atoms with Crippen molar-refractivity contribution in [1.29, 1.82) is 0 Å². The molecule has 3 rings (SSSR count). The Labute approximate surface area is 103 Å². The number of hydrogen-bond donors (Lipinski definition) is 1. The molecule has 1 unspecified atom stereocenters. The van der Waals surface area contributed by atoms with Crippen molar-refractivity contribution in [1.82, 2.24) is 9.88 Å². The van der Waals surface area contributed by atoms with Crippen molar-refractivity contribution in [3.63, 3.8) is 0 Å². The molecular formula is C15H20N2. The fraction of sp³-hybridized carbons (Fsp3) is 0.467. The first-order chi connectivity index (χ1) is 8.20. The number of hydrogen-bond acceptors (Lipinski definition) is 1. The van der Waals surface area contributed by atoms with Crippen LogP contribution in [-0.4, -0.2) is 17.7 Å². The molecule has 0 saturated heterocycles. The fourth-order valence-corrected chi connectivity index (χ4v) is 3.14. The van der Waals surface area contributed by atoms with Gasteiger partial charge < -0.3 is 9.88 Å². The van der Waals surface area contributed by atoms with Gasteiger partial charge in [-0.3, -0.25) is 0 Å². The lowest BCUT2D eigenvalue weighted by atomic mass is 9.91. The van der Waals surface area contributed by atoms with Crippen LogP contribution >= 0.6 is 0 Å². The molecule has 1 aromatic carbocycles. The zero-order valence-electron chi connectivity index (χ0n) is 10.9. The molecule has 90 valence electrons. The van der Waals surface area contributed by atoms with Crippen LogP contribution in [0.5, 0.6) is 0 Å². The van der Waals surface area contributed by atoms with E-state index in [4.69, 9.17) is 0 Å². The van der Waals surface area contributed by atoms with Crippen molar-refractivity contribution in [3.8, 4) is 0 Å². The largest absolute Gasteiger partial charge is 0.347 e. The average molecular weight is 228 g/mol. The number of benzene rings is 1. The Balaban J connectivity index is 2.23. The van der Waals surface area contributed by atoms with Crippen LogP contribution in [0.2, 0.25) is 0 Å². The summed E-state index contributed by atoms with van der Waals surface area (Å²) in [5.41, 5.74) is 5.85. The lowest BCUT2D eigenvalue weighted by Gasteiger charge is -2.22. The normalized spacial score (nSPS) is 19.6. The second-order valence-corrected chi connectivity index (χ2v) is 5.23. The van der Waals surface area contributed by atoms with Gasteiger partial charge in [0.1, 0.15) is 0 Å². The predicted octanol–water partition coefficient (Wildman–Crippen LogP) is 2.56. The summed E-state index contributed by atoms with van der Waals surface area (Å²) in [7, 11) is 4.28. The van der Waals surface area contributed by atoms with Crippen molar-refractivity contribution in [3.05, 3.63) is 35.0 Å². The average Bonchev–Trinajstić information content (AvgIpc) is 2.62. The number of nitrogens with zero attached hydrogens (tertiary/aromatic N) is 1. The molecule has 1 aliphatic carbocycles. The molecule has 0 spiro atoms. The maximum Gasteiger partial charge on any atom is 0.0482 e. The molecule has 0 bridgehead atoms. The zero-order valence-corrected chi connectivity index (χ0v) is 10.9. The molecule has 1 N–H and O–H groups in total. The van der Waals surface area contributed by atoms with Gasteiger partial charge in [-0.25, -0.2) is 0 Å². The van der Waals surface area contributed by atoms with Gasteiger partial charge in [-0.1, -0.05) is 11.6 Å². The van der Waals surface area contributed by atoms with Crippen LogP contribution in [0.15, 0.2) is 18.2 Å². The topological polar surface area (TPSA) is 17.0 Å². The molecule has 2 heteroatoms. The molecule has 1 atom stereocenters. The third-order valence-electron chi connectivity index (χ3n) is 4.18. The maximum absolute atomic E-state index is 3.42. The van der Waals surface area contributed by atoms with Crippen molar-refractivity contribution >= 4 is 10.9 Å². The lowest BCUT2D eigenvalue weighted by molar-refractivity contribution is 0.488. The van der Waals surface area contributed by atoms with E-state index in [1.54, 1.807) is 5.56 Å². The van der Waals surface area contributed by atoms with Crippen LogP contribution in [0.3, 0.4) is 0 Å². The van der Waals surface area contributed by atoms with Crippen LogP contribution in [0, 0.1) is 6.92 Å². The number of rotatable bonds is 1. The molecule has 1 heterocycles. The van der Waals surface area contributed by atoms with Crippen LogP contribution in [0.25, 0.3) is 10.9 Å². The highest BCUT2D eigenvalue weighted by atomic mass is 15.0. The van der Waals surface area contributed by atoms with Gasteiger partial charge in [-0.15, -0.1) is 0 Å². The smallest absolute Gasteiger partial charge is 0.0482 e. The Hall–Kier alpha value is -1.28. The summed E-state index contributed by atoms with van der Waals surface area (Å²) in [5, 5.41) is 4.88. The van der Waals surface area contributed by atoms with Gasteiger partial charge in [0.25, 0.3) is 0 Å². The summed E-state index contributed by atoms with van der Waals surface area (Å²) >= 11 is 0. The molecular weight excluding hydrogens is 208 g/mol. The highest BCUT2D eigenvalue weighted by molar-refractivity contribution is 5.86. The van der Waals surface area contributed by atoms with E-state index in [-0.39, 0.29) is 0 Å². The summed E-state index contributed by atoms with van der Waals surface area (Å²) in [4.78, 5) is 0. The number of fused-ring (bicyclic) bond motifs is 3. The molecule has 1 aliphatic rings. The Morgan fingerprint density at radius 2 is 2.18 bits per heavy atom. The highest BCUT2D eigenvalue weighted by Gasteiger charge is 2.23. The predicted molar refractivity (Wildman–Crippen MR) is 72.5 cm³/mol. The Kier molecular flexibility index (Phi) is 2.48. The minimum absolute atomic E-state index is 0.647. The van der Waals surface area contributed by atoms with Crippen molar-refractivity contribution < 1.29 is 0 Å². The second-order valence-electron chi connectivity index (χ2n) is 5.23. The molecule has 0 aliphatic heterocycles.